The third-order valence-electron chi connectivity index (χ3n) is 1.82. The molecule has 0 aliphatic heterocycles. The van der Waals surface area contributed by atoms with E-state index < -0.39 is 0 Å². The van der Waals surface area contributed by atoms with Gasteiger partial charge in [-0.15, -0.1) is 0 Å². The first-order chi connectivity index (χ1) is 6.13. The highest BCUT2D eigenvalue weighted by molar-refractivity contribution is 4.93. The quantitative estimate of drug-likeness (QED) is 0.525. The van der Waals surface area contributed by atoms with Gasteiger partial charge in [0.15, 0.2) is 0 Å². The van der Waals surface area contributed by atoms with Gasteiger partial charge in [-0.2, -0.15) is 0 Å². The monoisotopic (exact) mass is 180 g/mol. The van der Waals surface area contributed by atoms with Crippen LogP contribution in [-0.2, 0) is 0 Å². The summed E-state index contributed by atoms with van der Waals surface area (Å²) in [5.41, 5.74) is 0. The molecule has 0 aliphatic carbocycles. The molecule has 0 unspecified atom stereocenters. The lowest BCUT2D eigenvalue weighted by Crippen LogP contribution is -1.81. The largest absolute Gasteiger partial charge is 0.0880 e. The summed E-state index contributed by atoms with van der Waals surface area (Å²) < 4.78 is 0. The van der Waals surface area contributed by atoms with Gasteiger partial charge >= 0.3 is 0 Å². The molecule has 0 aliphatic rings. The zero-order chi connectivity index (χ0) is 10.1. The SMILES string of the molecule is CC(C)CC=CCC=CCC(C)C. The van der Waals surface area contributed by atoms with Gasteiger partial charge in [-0.1, -0.05) is 52.0 Å². The summed E-state index contributed by atoms with van der Waals surface area (Å²) in [7, 11) is 0. The number of rotatable bonds is 6. The van der Waals surface area contributed by atoms with Gasteiger partial charge in [0.2, 0.25) is 0 Å². The van der Waals surface area contributed by atoms with Gasteiger partial charge in [-0.05, 0) is 31.1 Å². The molecule has 0 saturated heterocycles. The van der Waals surface area contributed by atoms with Crippen molar-refractivity contribution in [3.05, 3.63) is 24.3 Å². The van der Waals surface area contributed by atoms with E-state index in [1.165, 1.54) is 12.8 Å². The second-order valence-corrected chi connectivity index (χ2v) is 4.44. The number of allylic oxidation sites excluding steroid dienone is 4. The average molecular weight is 180 g/mol. The van der Waals surface area contributed by atoms with Crippen molar-refractivity contribution in [2.24, 2.45) is 11.8 Å². The summed E-state index contributed by atoms with van der Waals surface area (Å²) in [4.78, 5) is 0. The molecule has 0 nitrogen and oxygen atoms in total. The normalized spacial score (nSPS) is 12.8. The van der Waals surface area contributed by atoms with Crippen molar-refractivity contribution >= 4 is 0 Å². The van der Waals surface area contributed by atoms with Crippen LogP contribution in [-0.4, -0.2) is 0 Å². The van der Waals surface area contributed by atoms with Crippen molar-refractivity contribution < 1.29 is 0 Å². The minimum Gasteiger partial charge on any atom is -0.0880 e. The number of hydrogen-bond acceptors (Lipinski definition) is 0. The van der Waals surface area contributed by atoms with E-state index >= 15 is 0 Å². The zero-order valence-corrected chi connectivity index (χ0v) is 9.59. The molecule has 0 fully saturated rings. The summed E-state index contributed by atoms with van der Waals surface area (Å²) in [6, 6.07) is 0. The molecule has 0 amide bonds. The van der Waals surface area contributed by atoms with E-state index in [0.29, 0.717) is 0 Å². The highest BCUT2D eigenvalue weighted by Crippen LogP contribution is 2.02. The van der Waals surface area contributed by atoms with Crippen LogP contribution in [0.1, 0.15) is 47.0 Å². The Morgan fingerprint density at radius 3 is 1.38 bits per heavy atom. The molecule has 0 aromatic heterocycles. The maximum atomic E-state index is 2.28. The first-order valence-corrected chi connectivity index (χ1v) is 5.43. The molecule has 0 radical (unpaired) electrons. The predicted octanol–water partition coefficient (Wildman–Crippen LogP) is 4.58. The third-order valence-corrected chi connectivity index (χ3v) is 1.82. The molecule has 0 atom stereocenters. The highest BCUT2D eigenvalue weighted by Gasteiger charge is 1.87. The van der Waals surface area contributed by atoms with Crippen molar-refractivity contribution in [2.75, 3.05) is 0 Å². The van der Waals surface area contributed by atoms with Crippen molar-refractivity contribution in [1.29, 1.82) is 0 Å². The topological polar surface area (TPSA) is 0 Å². The van der Waals surface area contributed by atoms with Gasteiger partial charge in [0, 0.05) is 0 Å². The molecule has 0 N–H and O–H groups in total. The Balaban J connectivity index is 3.33. The fourth-order valence-corrected chi connectivity index (χ4v) is 1.01. The molecule has 76 valence electrons. The van der Waals surface area contributed by atoms with E-state index in [1.807, 2.05) is 0 Å². The molecule has 0 heteroatoms. The van der Waals surface area contributed by atoms with E-state index in [2.05, 4.69) is 52.0 Å². The molecular weight excluding hydrogens is 156 g/mol. The van der Waals surface area contributed by atoms with Crippen molar-refractivity contribution in [3.63, 3.8) is 0 Å². The molecule has 0 saturated carbocycles. The second-order valence-electron chi connectivity index (χ2n) is 4.44. The fraction of sp³-hybridized carbons (Fsp3) is 0.692. The van der Waals surface area contributed by atoms with E-state index in [9.17, 15) is 0 Å². The molecule has 0 aromatic rings. The molecular formula is C13H24. The average Bonchev–Trinajstić information content (AvgIpc) is 2.01. The van der Waals surface area contributed by atoms with Crippen LogP contribution in [0.5, 0.6) is 0 Å². The number of hydrogen-bond donors (Lipinski definition) is 0. The van der Waals surface area contributed by atoms with E-state index in [4.69, 9.17) is 0 Å². The van der Waals surface area contributed by atoms with E-state index in [-0.39, 0.29) is 0 Å². The molecule has 0 heterocycles. The Bertz CT molecular complexity index is 131. The Hall–Kier alpha value is -0.520. The first kappa shape index (κ1) is 12.5. The van der Waals surface area contributed by atoms with Crippen LogP contribution in [0.2, 0.25) is 0 Å². The van der Waals surface area contributed by atoms with Gasteiger partial charge in [0.25, 0.3) is 0 Å². The predicted molar refractivity (Wildman–Crippen MR) is 61.8 cm³/mol. The lowest BCUT2D eigenvalue weighted by Gasteiger charge is -1.96. The minimum atomic E-state index is 0.788. The fourth-order valence-electron chi connectivity index (χ4n) is 1.01. The van der Waals surface area contributed by atoms with Crippen LogP contribution in [0.15, 0.2) is 24.3 Å². The highest BCUT2D eigenvalue weighted by atomic mass is 13.9. The standard InChI is InChI=1S/C13H24/c1-12(2)10-8-6-5-7-9-11-13(3)4/h6-9,12-13H,5,10-11H2,1-4H3. The van der Waals surface area contributed by atoms with Crippen LogP contribution >= 0.6 is 0 Å². The van der Waals surface area contributed by atoms with Crippen molar-refractivity contribution in [3.8, 4) is 0 Å². The summed E-state index contributed by atoms with van der Waals surface area (Å²) in [6.45, 7) is 9.00. The Kier molecular flexibility index (Phi) is 7.77. The van der Waals surface area contributed by atoms with Gasteiger partial charge in [0.05, 0.1) is 0 Å². The van der Waals surface area contributed by atoms with Crippen LogP contribution in [0.25, 0.3) is 0 Å². The molecule has 0 bridgehead atoms. The molecule has 13 heavy (non-hydrogen) atoms. The lowest BCUT2D eigenvalue weighted by atomic mass is 10.1. The smallest absolute Gasteiger partial charge is 0.0169 e. The van der Waals surface area contributed by atoms with Gasteiger partial charge in [-0.3, -0.25) is 0 Å². The summed E-state index contributed by atoms with van der Waals surface area (Å²) in [5.74, 6) is 1.58. The Morgan fingerprint density at radius 2 is 1.08 bits per heavy atom. The molecule has 0 spiro atoms. The second kappa shape index (κ2) is 8.10. The maximum absolute atomic E-state index is 2.28. The Labute approximate surface area is 83.7 Å². The summed E-state index contributed by atoms with van der Waals surface area (Å²) >= 11 is 0. The van der Waals surface area contributed by atoms with E-state index in [0.717, 1.165) is 18.3 Å². The van der Waals surface area contributed by atoms with E-state index in [1.54, 1.807) is 0 Å². The van der Waals surface area contributed by atoms with Crippen LogP contribution < -0.4 is 0 Å². The molecule has 0 rings (SSSR count). The van der Waals surface area contributed by atoms with Crippen molar-refractivity contribution in [2.45, 2.75) is 47.0 Å². The third kappa shape index (κ3) is 11.5. The maximum Gasteiger partial charge on any atom is -0.0169 e. The summed E-state index contributed by atoms with van der Waals surface area (Å²) in [5, 5.41) is 0. The van der Waals surface area contributed by atoms with Crippen LogP contribution in [0.4, 0.5) is 0 Å². The van der Waals surface area contributed by atoms with Gasteiger partial charge < -0.3 is 0 Å². The Morgan fingerprint density at radius 1 is 0.692 bits per heavy atom. The first-order valence-electron chi connectivity index (χ1n) is 5.43. The molecule has 0 aromatic carbocycles. The van der Waals surface area contributed by atoms with Gasteiger partial charge in [0.1, 0.15) is 0 Å². The van der Waals surface area contributed by atoms with Crippen LogP contribution in [0.3, 0.4) is 0 Å². The summed E-state index contributed by atoms with van der Waals surface area (Å²) in [6.07, 6.45) is 12.6. The minimum absolute atomic E-state index is 0.788. The van der Waals surface area contributed by atoms with Crippen LogP contribution in [0, 0.1) is 11.8 Å². The van der Waals surface area contributed by atoms with Crippen molar-refractivity contribution in [1.82, 2.24) is 0 Å². The zero-order valence-electron chi connectivity index (χ0n) is 9.59. The lowest BCUT2D eigenvalue weighted by molar-refractivity contribution is 0.661. The van der Waals surface area contributed by atoms with Gasteiger partial charge in [-0.25, -0.2) is 0 Å².